The largest absolute Gasteiger partial charge is 0.361 e. The van der Waals surface area contributed by atoms with E-state index in [4.69, 9.17) is 0 Å². The second-order valence-corrected chi connectivity index (χ2v) is 7.81. The van der Waals surface area contributed by atoms with Gasteiger partial charge in [-0.2, -0.15) is 0 Å². The van der Waals surface area contributed by atoms with Gasteiger partial charge in [0.15, 0.2) is 0 Å². The Labute approximate surface area is 172 Å². The highest BCUT2D eigenvalue weighted by molar-refractivity contribution is 5.83. The topological polar surface area (TPSA) is 44.0 Å². The summed E-state index contributed by atoms with van der Waals surface area (Å²) < 4.78 is 0. The molecule has 4 nitrogen and oxygen atoms in total. The van der Waals surface area contributed by atoms with Crippen LogP contribution in [0.4, 0.5) is 11.4 Å². The third-order valence-electron chi connectivity index (χ3n) is 5.12. The summed E-state index contributed by atoms with van der Waals surface area (Å²) in [7, 11) is 4.11. The molecule has 2 heterocycles. The number of aromatic amines is 1. The molecule has 0 aliphatic heterocycles. The molecule has 4 heteroatoms. The minimum Gasteiger partial charge on any atom is -0.361 e. The number of fused-ring (bicyclic) bond motifs is 1. The summed E-state index contributed by atoms with van der Waals surface area (Å²) in [4.78, 5) is 9.91. The van der Waals surface area contributed by atoms with Gasteiger partial charge in [-0.3, -0.25) is 4.98 Å². The molecule has 0 spiro atoms. The highest BCUT2D eigenvalue weighted by Gasteiger charge is 2.04. The Morgan fingerprint density at radius 2 is 1.76 bits per heavy atom. The van der Waals surface area contributed by atoms with Crippen LogP contribution in [0, 0.1) is 0 Å². The zero-order valence-electron chi connectivity index (χ0n) is 17.2. The van der Waals surface area contributed by atoms with Crippen LogP contribution in [0.2, 0.25) is 0 Å². The van der Waals surface area contributed by atoms with Gasteiger partial charge in [0.2, 0.25) is 0 Å². The van der Waals surface area contributed by atoms with E-state index < -0.39 is 0 Å². The van der Waals surface area contributed by atoms with Crippen molar-refractivity contribution < 1.29 is 0 Å². The molecule has 29 heavy (non-hydrogen) atoms. The first-order valence-corrected chi connectivity index (χ1v) is 10.2. The van der Waals surface area contributed by atoms with E-state index in [1.165, 1.54) is 22.0 Å². The molecule has 0 amide bonds. The van der Waals surface area contributed by atoms with Gasteiger partial charge in [-0.05, 0) is 74.8 Å². The fourth-order valence-electron chi connectivity index (χ4n) is 3.71. The summed E-state index contributed by atoms with van der Waals surface area (Å²) >= 11 is 0. The molecular formula is C25H28N4. The molecule has 2 aromatic heterocycles. The van der Waals surface area contributed by atoms with Crippen molar-refractivity contribution in [2.75, 3.05) is 19.4 Å². The number of benzene rings is 2. The Balaban J connectivity index is 1.32. The van der Waals surface area contributed by atoms with E-state index in [0.29, 0.717) is 0 Å². The maximum absolute atomic E-state index is 4.43. The number of anilines is 2. The van der Waals surface area contributed by atoms with E-state index in [2.05, 4.69) is 95.1 Å². The number of rotatable bonds is 8. The minimum atomic E-state index is 0.838. The Kier molecular flexibility index (Phi) is 5.92. The number of aromatic nitrogens is 2. The lowest BCUT2D eigenvalue weighted by atomic mass is 10.0. The fraction of sp³-hybridized carbons (Fsp3) is 0.240. The summed E-state index contributed by atoms with van der Waals surface area (Å²) in [6.07, 6.45) is 7.34. The van der Waals surface area contributed by atoms with Crippen LogP contribution in [0.1, 0.15) is 23.2 Å². The quantitative estimate of drug-likeness (QED) is 0.419. The standard InChI is InChI=1S/C25H28N4/c1-29(2)18-23-16-22(14-15-26-23)28-21-12-10-19(11-13-21)6-5-7-20-17-27-25-9-4-3-8-24(20)25/h3-4,8-17,27H,5-7,18H2,1-2H3,(H,26,28). The molecule has 0 bridgehead atoms. The lowest BCUT2D eigenvalue weighted by molar-refractivity contribution is 0.397. The average Bonchev–Trinajstić information content (AvgIpc) is 3.12. The molecule has 4 rings (SSSR count). The number of nitrogens with zero attached hydrogens (tertiary/aromatic N) is 2. The van der Waals surface area contributed by atoms with Gasteiger partial charge in [0.05, 0.1) is 5.69 Å². The van der Waals surface area contributed by atoms with Crippen LogP contribution in [0.5, 0.6) is 0 Å². The molecule has 0 atom stereocenters. The monoisotopic (exact) mass is 384 g/mol. The van der Waals surface area contributed by atoms with Crippen molar-refractivity contribution >= 4 is 22.3 Å². The summed E-state index contributed by atoms with van der Waals surface area (Å²) in [6.45, 7) is 0.838. The molecule has 0 saturated carbocycles. The molecule has 0 saturated heterocycles. The molecule has 0 fully saturated rings. The van der Waals surface area contributed by atoms with Gasteiger partial charge < -0.3 is 15.2 Å². The van der Waals surface area contributed by atoms with E-state index in [1.54, 1.807) is 0 Å². The maximum Gasteiger partial charge on any atom is 0.0564 e. The van der Waals surface area contributed by atoms with Crippen LogP contribution in [0.25, 0.3) is 10.9 Å². The molecule has 0 aliphatic carbocycles. The highest BCUT2D eigenvalue weighted by atomic mass is 15.1. The van der Waals surface area contributed by atoms with E-state index in [0.717, 1.165) is 42.9 Å². The van der Waals surface area contributed by atoms with Crippen LogP contribution in [-0.4, -0.2) is 29.0 Å². The molecule has 148 valence electrons. The van der Waals surface area contributed by atoms with Crippen LogP contribution in [0.3, 0.4) is 0 Å². The zero-order valence-corrected chi connectivity index (χ0v) is 17.2. The first kappa shape index (κ1) is 19.2. The number of nitrogens with one attached hydrogen (secondary N) is 2. The van der Waals surface area contributed by atoms with Crippen molar-refractivity contribution in [2.24, 2.45) is 0 Å². The molecule has 2 N–H and O–H groups in total. The first-order valence-electron chi connectivity index (χ1n) is 10.2. The number of para-hydroxylation sites is 1. The van der Waals surface area contributed by atoms with Crippen molar-refractivity contribution in [1.82, 2.24) is 14.9 Å². The van der Waals surface area contributed by atoms with Crippen LogP contribution in [0.15, 0.2) is 73.1 Å². The van der Waals surface area contributed by atoms with E-state index in [-0.39, 0.29) is 0 Å². The van der Waals surface area contributed by atoms with E-state index in [9.17, 15) is 0 Å². The fourth-order valence-corrected chi connectivity index (χ4v) is 3.71. The second kappa shape index (κ2) is 8.93. The van der Waals surface area contributed by atoms with Gasteiger partial charge in [0, 0.05) is 41.2 Å². The van der Waals surface area contributed by atoms with Gasteiger partial charge in [0.1, 0.15) is 0 Å². The molecular weight excluding hydrogens is 356 g/mol. The van der Waals surface area contributed by atoms with Crippen molar-refractivity contribution in [3.8, 4) is 0 Å². The van der Waals surface area contributed by atoms with Crippen LogP contribution in [-0.2, 0) is 19.4 Å². The van der Waals surface area contributed by atoms with Crippen LogP contribution >= 0.6 is 0 Å². The number of hydrogen-bond donors (Lipinski definition) is 2. The van der Waals surface area contributed by atoms with Crippen molar-refractivity contribution in [2.45, 2.75) is 25.8 Å². The van der Waals surface area contributed by atoms with Gasteiger partial charge in [-0.1, -0.05) is 30.3 Å². The molecule has 0 aliphatic rings. The number of H-pyrrole nitrogens is 1. The predicted molar refractivity (Wildman–Crippen MR) is 122 cm³/mol. The smallest absolute Gasteiger partial charge is 0.0564 e. The summed E-state index contributed by atoms with van der Waals surface area (Å²) in [5.74, 6) is 0. The van der Waals surface area contributed by atoms with Gasteiger partial charge >= 0.3 is 0 Å². The Bertz CT molecular complexity index is 1060. The summed E-state index contributed by atoms with van der Waals surface area (Å²) in [5.41, 5.74) is 7.25. The lowest BCUT2D eigenvalue weighted by Crippen LogP contribution is -2.11. The van der Waals surface area contributed by atoms with Crippen molar-refractivity contribution in [3.63, 3.8) is 0 Å². The summed E-state index contributed by atoms with van der Waals surface area (Å²) in [6, 6.07) is 21.4. The van der Waals surface area contributed by atoms with E-state index >= 15 is 0 Å². The normalized spacial score (nSPS) is 11.3. The molecule has 2 aromatic carbocycles. The summed E-state index contributed by atoms with van der Waals surface area (Å²) in [5, 5.41) is 4.83. The highest BCUT2D eigenvalue weighted by Crippen LogP contribution is 2.21. The Morgan fingerprint density at radius 3 is 2.59 bits per heavy atom. The Hall–Kier alpha value is -3.11. The number of aryl methyl sites for hydroxylation is 2. The van der Waals surface area contributed by atoms with Gasteiger partial charge in [-0.25, -0.2) is 0 Å². The van der Waals surface area contributed by atoms with Gasteiger partial charge in [-0.15, -0.1) is 0 Å². The average molecular weight is 385 g/mol. The molecule has 0 unspecified atom stereocenters. The maximum atomic E-state index is 4.43. The third kappa shape index (κ3) is 5.04. The second-order valence-electron chi connectivity index (χ2n) is 7.81. The lowest BCUT2D eigenvalue weighted by Gasteiger charge is -2.11. The SMILES string of the molecule is CN(C)Cc1cc(Nc2ccc(CCCc3c[nH]c4ccccc34)cc2)ccn1. The van der Waals surface area contributed by atoms with Crippen molar-refractivity contribution in [1.29, 1.82) is 0 Å². The molecule has 0 radical (unpaired) electrons. The van der Waals surface area contributed by atoms with Gasteiger partial charge in [0.25, 0.3) is 0 Å². The first-order chi connectivity index (χ1) is 14.2. The van der Waals surface area contributed by atoms with Crippen LogP contribution < -0.4 is 5.32 Å². The number of hydrogen-bond acceptors (Lipinski definition) is 3. The molecule has 4 aromatic rings. The third-order valence-corrected chi connectivity index (χ3v) is 5.12. The Morgan fingerprint density at radius 1 is 0.931 bits per heavy atom. The predicted octanol–water partition coefficient (Wildman–Crippen LogP) is 5.54. The minimum absolute atomic E-state index is 0.838. The van der Waals surface area contributed by atoms with Crippen molar-refractivity contribution in [3.05, 3.63) is 89.9 Å². The number of pyridine rings is 1. The zero-order chi connectivity index (χ0) is 20.1. The van der Waals surface area contributed by atoms with E-state index in [1.807, 2.05) is 12.3 Å².